The average molecular weight is 451 g/mol. The lowest BCUT2D eigenvalue weighted by atomic mass is 10.0. The monoisotopic (exact) mass is 450 g/mol. The molecule has 0 atom stereocenters. The van der Waals surface area contributed by atoms with Gasteiger partial charge in [0.05, 0.1) is 19.8 Å². The molecule has 33 heavy (non-hydrogen) atoms. The molecule has 0 saturated heterocycles. The highest BCUT2D eigenvalue weighted by Gasteiger charge is 2.17. The zero-order valence-corrected chi connectivity index (χ0v) is 20.0. The van der Waals surface area contributed by atoms with Crippen LogP contribution in [0.25, 0.3) is 22.1 Å². The molecule has 1 heterocycles. The molecule has 0 radical (unpaired) electrons. The molecule has 1 aromatic heterocycles. The SMILES string of the molecule is COc1cc(OC)c2c(=O)c(-c3ccc(OCC=C(C)C)c(OCC=C(C)C)c3)coc2c1. The van der Waals surface area contributed by atoms with Crippen molar-refractivity contribution in [1.82, 2.24) is 0 Å². The molecule has 0 aliphatic heterocycles. The van der Waals surface area contributed by atoms with Crippen molar-refractivity contribution in [3.05, 3.63) is 70.1 Å². The average Bonchev–Trinajstić information content (AvgIpc) is 2.79. The van der Waals surface area contributed by atoms with E-state index in [1.807, 2.05) is 45.9 Å². The van der Waals surface area contributed by atoms with Crippen LogP contribution in [-0.4, -0.2) is 27.4 Å². The van der Waals surface area contributed by atoms with E-state index < -0.39 is 0 Å². The van der Waals surface area contributed by atoms with E-state index in [2.05, 4.69) is 0 Å². The van der Waals surface area contributed by atoms with Gasteiger partial charge in [-0.15, -0.1) is 0 Å². The van der Waals surface area contributed by atoms with Crippen molar-refractivity contribution >= 4 is 11.0 Å². The Kier molecular flexibility index (Phi) is 7.83. The topological polar surface area (TPSA) is 67.1 Å². The molecule has 0 N–H and O–H groups in total. The largest absolute Gasteiger partial charge is 0.496 e. The van der Waals surface area contributed by atoms with Crippen molar-refractivity contribution in [1.29, 1.82) is 0 Å². The van der Waals surface area contributed by atoms with Crippen molar-refractivity contribution in [2.45, 2.75) is 27.7 Å². The van der Waals surface area contributed by atoms with E-state index in [-0.39, 0.29) is 5.43 Å². The van der Waals surface area contributed by atoms with E-state index in [0.717, 1.165) is 11.1 Å². The molecule has 2 aromatic carbocycles. The minimum absolute atomic E-state index is 0.204. The van der Waals surface area contributed by atoms with Gasteiger partial charge in [-0.2, -0.15) is 0 Å². The summed E-state index contributed by atoms with van der Waals surface area (Å²) in [4.78, 5) is 13.4. The fourth-order valence-corrected chi connectivity index (χ4v) is 3.18. The van der Waals surface area contributed by atoms with E-state index in [0.29, 0.717) is 58.3 Å². The van der Waals surface area contributed by atoms with Crippen molar-refractivity contribution in [3.8, 4) is 34.1 Å². The van der Waals surface area contributed by atoms with Crippen LogP contribution in [0.1, 0.15) is 27.7 Å². The summed E-state index contributed by atoms with van der Waals surface area (Å²) in [5.41, 5.74) is 3.55. The van der Waals surface area contributed by atoms with Gasteiger partial charge in [0.15, 0.2) is 11.5 Å². The molecule has 0 aliphatic rings. The molecule has 0 amide bonds. The van der Waals surface area contributed by atoms with Gasteiger partial charge in [-0.05, 0) is 57.5 Å². The summed E-state index contributed by atoms with van der Waals surface area (Å²) >= 11 is 0. The summed E-state index contributed by atoms with van der Waals surface area (Å²) in [5, 5.41) is 0.353. The molecule has 0 spiro atoms. The normalized spacial score (nSPS) is 10.5. The second-order valence-corrected chi connectivity index (χ2v) is 8.03. The number of allylic oxidation sites excluding steroid dienone is 2. The first kappa shape index (κ1) is 24.0. The van der Waals surface area contributed by atoms with Crippen molar-refractivity contribution in [2.75, 3.05) is 27.4 Å². The highest BCUT2D eigenvalue weighted by atomic mass is 16.5. The Bertz CT molecular complexity index is 1240. The maximum Gasteiger partial charge on any atom is 0.204 e. The van der Waals surface area contributed by atoms with Gasteiger partial charge in [0.1, 0.15) is 41.9 Å². The van der Waals surface area contributed by atoms with Crippen molar-refractivity contribution in [2.24, 2.45) is 0 Å². The highest BCUT2D eigenvalue weighted by molar-refractivity contribution is 5.88. The van der Waals surface area contributed by atoms with Crippen LogP contribution in [0.2, 0.25) is 0 Å². The van der Waals surface area contributed by atoms with Gasteiger partial charge in [0.25, 0.3) is 0 Å². The van der Waals surface area contributed by atoms with Gasteiger partial charge in [-0.1, -0.05) is 17.2 Å². The van der Waals surface area contributed by atoms with Crippen LogP contribution in [0.3, 0.4) is 0 Å². The van der Waals surface area contributed by atoms with Crippen LogP contribution in [-0.2, 0) is 0 Å². The molecular weight excluding hydrogens is 420 g/mol. The van der Waals surface area contributed by atoms with Gasteiger partial charge >= 0.3 is 0 Å². The molecule has 6 nitrogen and oxygen atoms in total. The maximum absolute atomic E-state index is 13.4. The fourth-order valence-electron chi connectivity index (χ4n) is 3.18. The van der Waals surface area contributed by atoms with Crippen molar-refractivity contribution < 1.29 is 23.4 Å². The third kappa shape index (κ3) is 5.77. The first-order chi connectivity index (χ1) is 15.8. The minimum Gasteiger partial charge on any atom is -0.496 e. The van der Waals surface area contributed by atoms with E-state index in [9.17, 15) is 4.79 Å². The number of fused-ring (bicyclic) bond motifs is 1. The van der Waals surface area contributed by atoms with Gasteiger partial charge in [-0.3, -0.25) is 4.79 Å². The molecule has 3 rings (SSSR count). The van der Waals surface area contributed by atoms with E-state index in [1.165, 1.54) is 13.4 Å². The molecule has 0 unspecified atom stereocenters. The Balaban J connectivity index is 2.07. The van der Waals surface area contributed by atoms with Crippen LogP contribution in [0.4, 0.5) is 0 Å². The van der Waals surface area contributed by atoms with Gasteiger partial charge in [0.2, 0.25) is 5.43 Å². The van der Waals surface area contributed by atoms with Crippen LogP contribution < -0.4 is 24.4 Å². The molecule has 0 fully saturated rings. The number of ether oxygens (including phenoxy) is 4. The molecule has 3 aromatic rings. The summed E-state index contributed by atoms with van der Waals surface area (Å²) in [7, 11) is 3.05. The number of hydrogen-bond acceptors (Lipinski definition) is 6. The smallest absolute Gasteiger partial charge is 0.204 e. The van der Waals surface area contributed by atoms with E-state index in [1.54, 1.807) is 31.4 Å². The summed E-state index contributed by atoms with van der Waals surface area (Å²) in [5.74, 6) is 2.09. The van der Waals surface area contributed by atoms with Gasteiger partial charge in [0, 0.05) is 12.1 Å². The lowest BCUT2D eigenvalue weighted by Crippen LogP contribution is -2.07. The number of methoxy groups -OCH3 is 2. The van der Waals surface area contributed by atoms with Gasteiger partial charge in [-0.25, -0.2) is 0 Å². The number of benzene rings is 2. The number of hydrogen-bond donors (Lipinski definition) is 0. The predicted molar refractivity (Wildman–Crippen MR) is 131 cm³/mol. The summed E-state index contributed by atoms with van der Waals surface area (Å²) in [6, 6.07) is 8.75. The Labute approximate surface area is 194 Å². The third-order valence-electron chi connectivity index (χ3n) is 4.99. The van der Waals surface area contributed by atoms with Gasteiger partial charge < -0.3 is 23.4 Å². The molecule has 0 bridgehead atoms. The summed E-state index contributed by atoms with van der Waals surface area (Å²) < 4.78 is 28.4. The number of rotatable bonds is 9. The van der Waals surface area contributed by atoms with Crippen LogP contribution in [0.5, 0.6) is 23.0 Å². The Morgan fingerprint density at radius 2 is 1.52 bits per heavy atom. The molecule has 0 saturated carbocycles. The van der Waals surface area contributed by atoms with Crippen molar-refractivity contribution in [3.63, 3.8) is 0 Å². The predicted octanol–water partition coefficient (Wildman–Crippen LogP) is 6.17. The lowest BCUT2D eigenvalue weighted by molar-refractivity contribution is 0.307. The van der Waals surface area contributed by atoms with E-state index in [4.69, 9.17) is 23.4 Å². The Morgan fingerprint density at radius 3 is 2.12 bits per heavy atom. The lowest BCUT2D eigenvalue weighted by Gasteiger charge is -2.13. The Morgan fingerprint density at radius 1 is 0.848 bits per heavy atom. The highest BCUT2D eigenvalue weighted by Crippen LogP contribution is 2.35. The quantitative estimate of drug-likeness (QED) is 0.363. The summed E-state index contributed by atoms with van der Waals surface area (Å²) in [6.45, 7) is 8.87. The minimum atomic E-state index is -0.204. The second-order valence-electron chi connectivity index (χ2n) is 8.03. The molecule has 6 heteroatoms. The maximum atomic E-state index is 13.4. The van der Waals surface area contributed by atoms with E-state index >= 15 is 0 Å². The molecule has 0 aliphatic carbocycles. The fraction of sp³-hybridized carbons (Fsp3) is 0.296. The summed E-state index contributed by atoms with van der Waals surface area (Å²) in [6.07, 6.45) is 5.42. The molecule has 174 valence electrons. The Hall–Kier alpha value is -3.67. The standard InChI is InChI=1S/C27H30O6/c1-17(2)9-11-31-22-8-7-19(13-23(22)32-12-10-18(3)4)21-16-33-25-15-20(29-5)14-24(30-6)26(25)27(21)28/h7-10,13-16H,11-12H2,1-6H3. The zero-order chi connectivity index (χ0) is 24.0. The zero-order valence-electron chi connectivity index (χ0n) is 20.0. The van der Waals surface area contributed by atoms with Crippen LogP contribution in [0, 0.1) is 0 Å². The second kappa shape index (κ2) is 10.8. The van der Waals surface area contributed by atoms with Crippen LogP contribution in [0.15, 0.2) is 69.1 Å². The molecular formula is C27H30O6. The third-order valence-corrected chi connectivity index (χ3v) is 4.99. The first-order valence-electron chi connectivity index (χ1n) is 10.7. The van der Waals surface area contributed by atoms with Crippen LogP contribution >= 0.6 is 0 Å². The first-order valence-corrected chi connectivity index (χ1v) is 10.7.